The third-order valence-electron chi connectivity index (χ3n) is 3.05. The van der Waals surface area contributed by atoms with Crippen LogP contribution in [0.4, 0.5) is 0 Å². The molecule has 0 fully saturated rings. The van der Waals surface area contributed by atoms with E-state index in [4.69, 9.17) is 9.47 Å². The minimum atomic E-state index is 0.596. The first kappa shape index (κ1) is 13.4. The summed E-state index contributed by atoms with van der Waals surface area (Å²) in [6, 6.07) is 11.6. The Morgan fingerprint density at radius 1 is 0.952 bits per heavy atom. The minimum Gasteiger partial charge on any atom is -0.494 e. The van der Waals surface area contributed by atoms with Crippen molar-refractivity contribution in [2.24, 2.45) is 0 Å². The van der Waals surface area contributed by atoms with E-state index in [1.807, 2.05) is 56.4 Å². The zero-order valence-electron chi connectivity index (χ0n) is 12.1. The first-order valence-electron chi connectivity index (χ1n) is 7.02. The first-order valence-corrected chi connectivity index (χ1v) is 7.02. The average molecular weight is 283 g/mol. The van der Waals surface area contributed by atoms with Gasteiger partial charge in [-0.25, -0.2) is 9.50 Å². The molecule has 0 saturated heterocycles. The summed E-state index contributed by atoms with van der Waals surface area (Å²) in [6.07, 6.45) is 1.90. The molecule has 0 aliphatic heterocycles. The van der Waals surface area contributed by atoms with Gasteiger partial charge in [-0.05, 0) is 44.2 Å². The molecule has 0 N–H and O–H groups in total. The molecule has 0 spiro atoms. The van der Waals surface area contributed by atoms with Crippen molar-refractivity contribution >= 4 is 5.65 Å². The average Bonchev–Trinajstić information content (AvgIpc) is 2.92. The van der Waals surface area contributed by atoms with E-state index in [0.717, 1.165) is 22.7 Å². The monoisotopic (exact) mass is 283 g/mol. The van der Waals surface area contributed by atoms with E-state index in [2.05, 4.69) is 10.1 Å². The second-order valence-electron chi connectivity index (χ2n) is 4.49. The van der Waals surface area contributed by atoms with Crippen molar-refractivity contribution in [1.29, 1.82) is 0 Å². The Labute approximate surface area is 123 Å². The maximum atomic E-state index is 5.44. The summed E-state index contributed by atoms with van der Waals surface area (Å²) >= 11 is 0. The number of hydrogen-bond donors (Lipinski definition) is 0. The number of ether oxygens (including phenoxy) is 2. The molecule has 0 saturated carbocycles. The van der Waals surface area contributed by atoms with Crippen molar-refractivity contribution in [1.82, 2.24) is 14.6 Å². The molecule has 0 bridgehead atoms. The van der Waals surface area contributed by atoms with E-state index in [1.165, 1.54) is 0 Å². The fourth-order valence-electron chi connectivity index (χ4n) is 2.12. The third-order valence-corrected chi connectivity index (χ3v) is 3.05. The number of nitrogens with zero attached hydrogens (tertiary/aromatic N) is 3. The van der Waals surface area contributed by atoms with Gasteiger partial charge in [-0.2, -0.15) is 0 Å². The minimum absolute atomic E-state index is 0.596. The number of imidazole rings is 1. The van der Waals surface area contributed by atoms with Crippen molar-refractivity contribution in [2.45, 2.75) is 13.8 Å². The summed E-state index contributed by atoms with van der Waals surface area (Å²) in [5, 5.41) is 4.37. The highest BCUT2D eigenvalue weighted by Gasteiger charge is 2.06. The Kier molecular flexibility index (Phi) is 3.73. The lowest BCUT2D eigenvalue weighted by Gasteiger charge is -2.02. The molecule has 0 atom stereocenters. The largest absolute Gasteiger partial charge is 0.494 e. The van der Waals surface area contributed by atoms with E-state index in [9.17, 15) is 0 Å². The molecule has 2 heterocycles. The van der Waals surface area contributed by atoms with Gasteiger partial charge in [0.1, 0.15) is 5.75 Å². The molecule has 0 aliphatic rings. The normalized spacial score (nSPS) is 10.8. The smallest absolute Gasteiger partial charge is 0.231 e. The van der Waals surface area contributed by atoms with Crippen molar-refractivity contribution in [2.75, 3.05) is 13.2 Å². The summed E-state index contributed by atoms with van der Waals surface area (Å²) in [4.78, 5) is 4.56. The lowest BCUT2D eigenvalue weighted by Crippen LogP contribution is -1.98. The van der Waals surface area contributed by atoms with Crippen molar-refractivity contribution in [3.8, 4) is 22.9 Å². The van der Waals surface area contributed by atoms with E-state index < -0.39 is 0 Å². The molecule has 2 aromatic heterocycles. The van der Waals surface area contributed by atoms with Crippen LogP contribution >= 0.6 is 0 Å². The number of hydrogen-bond acceptors (Lipinski definition) is 4. The zero-order valence-corrected chi connectivity index (χ0v) is 12.1. The van der Waals surface area contributed by atoms with E-state index in [-0.39, 0.29) is 0 Å². The Bertz CT molecular complexity index is 735. The van der Waals surface area contributed by atoms with Crippen LogP contribution in [0.5, 0.6) is 11.6 Å². The van der Waals surface area contributed by atoms with Crippen molar-refractivity contribution in [3.63, 3.8) is 0 Å². The first-order chi connectivity index (χ1) is 10.3. The van der Waals surface area contributed by atoms with Gasteiger partial charge in [0.2, 0.25) is 5.88 Å². The zero-order chi connectivity index (χ0) is 14.7. The van der Waals surface area contributed by atoms with Crippen LogP contribution in [-0.4, -0.2) is 27.8 Å². The van der Waals surface area contributed by atoms with Gasteiger partial charge in [0.05, 0.1) is 25.1 Å². The summed E-state index contributed by atoms with van der Waals surface area (Å²) in [5.74, 6) is 1.46. The highest BCUT2D eigenvalue weighted by molar-refractivity contribution is 5.63. The van der Waals surface area contributed by atoms with Gasteiger partial charge >= 0.3 is 0 Å². The Hall–Kier alpha value is -2.56. The molecule has 0 amide bonds. The van der Waals surface area contributed by atoms with Crippen molar-refractivity contribution < 1.29 is 9.47 Å². The molecule has 3 aromatic rings. The summed E-state index contributed by atoms with van der Waals surface area (Å²) in [7, 11) is 0. The van der Waals surface area contributed by atoms with Gasteiger partial charge < -0.3 is 9.47 Å². The second kappa shape index (κ2) is 5.83. The molecule has 3 rings (SSSR count). The van der Waals surface area contributed by atoms with Crippen LogP contribution in [0, 0.1) is 0 Å². The molecule has 5 heteroatoms. The van der Waals surface area contributed by atoms with Crippen molar-refractivity contribution in [3.05, 3.63) is 42.6 Å². The molecule has 0 unspecified atom stereocenters. The maximum absolute atomic E-state index is 5.44. The van der Waals surface area contributed by atoms with E-state index >= 15 is 0 Å². The molecule has 0 radical (unpaired) electrons. The lowest BCUT2D eigenvalue weighted by molar-refractivity contribution is 0.321. The standard InChI is InChI=1S/C16H17N3O2/c1-3-20-13-7-5-12(6-8-13)14-11-19-15(17-14)9-10-16(18-19)21-4-2/h5-11H,3-4H2,1-2H3. The van der Waals surface area contributed by atoms with Gasteiger partial charge in [0, 0.05) is 11.6 Å². The highest BCUT2D eigenvalue weighted by Crippen LogP contribution is 2.22. The van der Waals surface area contributed by atoms with Crippen LogP contribution in [-0.2, 0) is 0 Å². The number of benzene rings is 1. The Morgan fingerprint density at radius 2 is 1.71 bits per heavy atom. The number of fused-ring (bicyclic) bond motifs is 1. The highest BCUT2D eigenvalue weighted by atomic mass is 16.5. The summed E-state index contributed by atoms with van der Waals surface area (Å²) in [5.41, 5.74) is 2.70. The molecule has 1 aromatic carbocycles. The van der Waals surface area contributed by atoms with E-state index in [0.29, 0.717) is 19.1 Å². The predicted octanol–water partition coefficient (Wildman–Crippen LogP) is 3.19. The Balaban J connectivity index is 1.92. The predicted molar refractivity (Wildman–Crippen MR) is 80.8 cm³/mol. The van der Waals surface area contributed by atoms with Crippen LogP contribution in [0.15, 0.2) is 42.6 Å². The summed E-state index contributed by atoms with van der Waals surface area (Å²) in [6.45, 7) is 5.17. The molecule has 0 aliphatic carbocycles. The van der Waals surface area contributed by atoms with Crippen LogP contribution in [0.25, 0.3) is 16.9 Å². The van der Waals surface area contributed by atoms with Crippen LogP contribution < -0.4 is 9.47 Å². The van der Waals surface area contributed by atoms with Gasteiger partial charge in [0.15, 0.2) is 5.65 Å². The van der Waals surface area contributed by atoms with E-state index in [1.54, 1.807) is 4.52 Å². The SMILES string of the molecule is CCOc1ccc(-c2cn3nc(OCC)ccc3n2)cc1. The maximum Gasteiger partial charge on any atom is 0.231 e. The van der Waals surface area contributed by atoms with Gasteiger partial charge in [-0.15, -0.1) is 5.10 Å². The molecule has 21 heavy (non-hydrogen) atoms. The van der Waals surface area contributed by atoms with Gasteiger partial charge in [0.25, 0.3) is 0 Å². The quantitative estimate of drug-likeness (QED) is 0.721. The van der Waals surface area contributed by atoms with Gasteiger partial charge in [-0.1, -0.05) is 0 Å². The molecular weight excluding hydrogens is 266 g/mol. The lowest BCUT2D eigenvalue weighted by atomic mass is 10.2. The summed E-state index contributed by atoms with van der Waals surface area (Å²) < 4.78 is 12.6. The number of rotatable bonds is 5. The fourth-order valence-corrected chi connectivity index (χ4v) is 2.12. The molecular formula is C16H17N3O2. The second-order valence-corrected chi connectivity index (χ2v) is 4.49. The molecule has 108 valence electrons. The molecule has 5 nitrogen and oxygen atoms in total. The van der Waals surface area contributed by atoms with Gasteiger partial charge in [-0.3, -0.25) is 0 Å². The third kappa shape index (κ3) is 2.81. The van der Waals surface area contributed by atoms with Crippen LogP contribution in [0.1, 0.15) is 13.8 Å². The number of aromatic nitrogens is 3. The topological polar surface area (TPSA) is 48.7 Å². The van der Waals surface area contributed by atoms with Crippen LogP contribution in [0.2, 0.25) is 0 Å². The fraction of sp³-hybridized carbons (Fsp3) is 0.250. The Morgan fingerprint density at radius 3 is 2.43 bits per heavy atom. The van der Waals surface area contributed by atoms with Crippen LogP contribution in [0.3, 0.4) is 0 Å².